The van der Waals surface area contributed by atoms with E-state index in [9.17, 15) is 9.90 Å². The van der Waals surface area contributed by atoms with Crippen LogP contribution in [0, 0.1) is 0 Å². The lowest BCUT2D eigenvalue weighted by atomic mass is 10.2. The van der Waals surface area contributed by atoms with Gasteiger partial charge in [-0.3, -0.25) is 4.79 Å². The van der Waals surface area contributed by atoms with Crippen LogP contribution in [0.1, 0.15) is 21.3 Å². The number of rotatable bonds is 6. The molecule has 2 aromatic heterocycles. The lowest BCUT2D eigenvalue weighted by molar-refractivity contribution is 0.0915. The zero-order valence-corrected chi connectivity index (χ0v) is 15.8. The second-order valence-corrected chi connectivity index (χ2v) is 7.62. The van der Waals surface area contributed by atoms with E-state index < -0.39 is 6.10 Å². The maximum Gasteiger partial charge on any atom is 0.255 e. The summed E-state index contributed by atoms with van der Waals surface area (Å²) in [5, 5.41) is 17.6. The van der Waals surface area contributed by atoms with Crippen LogP contribution in [0.25, 0.3) is 10.4 Å². The number of ether oxygens (including phenoxy) is 1. The number of benzene rings is 1. The highest BCUT2D eigenvalue weighted by Gasteiger charge is 2.16. The molecule has 130 valence electrons. The van der Waals surface area contributed by atoms with Crippen molar-refractivity contribution in [2.75, 3.05) is 13.7 Å². The Labute approximate surface area is 158 Å². The first kappa shape index (κ1) is 17.9. The van der Waals surface area contributed by atoms with E-state index in [0.717, 1.165) is 15.3 Å². The molecule has 0 aliphatic carbocycles. The monoisotopic (exact) mass is 393 g/mol. The van der Waals surface area contributed by atoms with Gasteiger partial charge in [0, 0.05) is 26.9 Å². The summed E-state index contributed by atoms with van der Waals surface area (Å²) in [5.74, 6) is 0.0975. The van der Waals surface area contributed by atoms with Gasteiger partial charge in [-0.15, -0.1) is 11.3 Å². The molecule has 3 rings (SSSR count). The predicted octanol–water partition coefficient (Wildman–Crippen LogP) is 4.60. The number of carbonyl (C=O) groups is 1. The van der Waals surface area contributed by atoms with Crippen molar-refractivity contribution in [2.24, 2.45) is 0 Å². The van der Waals surface area contributed by atoms with Crippen LogP contribution in [-0.4, -0.2) is 24.7 Å². The second kappa shape index (κ2) is 8.01. The zero-order valence-electron chi connectivity index (χ0n) is 13.4. The number of aliphatic hydroxyl groups is 1. The van der Waals surface area contributed by atoms with E-state index in [4.69, 9.17) is 16.3 Å². The average Bonchev–Trinajstić information content (AvgIpc) is 3.30. The van der Waals surface area contributed by atoms with Crippen molar-refractivity contribution in [3.8, 4) is 16.2 Å². The highest BCUT2D eigenvalue weighted by atomic mass is 35.5. The van der Waals surface area contributed by atoms with E-state index in [0.29, 0.717) is 16.3 Å². The lowest BCUT2D eigenvalue weighted by Crippen LogP contribution is -2.28. The largest absolute Gasteiger partial charge is 0.496 e. The molecule has 1 atom stereocenters. The molecule has 1 amide bonds. The molecule has 3 aromatic rings. The average molecular weight is 394 g/mol. The van der Waals surface area contributed by atoms with E-state index in [1.54, 1.807) is 29.5 Å². The number of carbonyl (C=O) groups excluding carboxylic acids is 1. The van der Waals surface area contributed by atoms with Crippen LogP contribution in [0.4, 0.5) is 0 Å². The minimum atomic E-state index is -0.772. The van der Waals surface area contributed by atoms with Gasteiger partial charge in [0.15, 0.2) is 0 Å². The third kappa shape index (κ3) is 4.22. The van der Waals surface area contributed by atoms with E-state index in [1.807, 2.05) is 23.6 Å². The van der Waals surface area contributed by atoms with Gasteiger partial charge in [0.05, 0.1) is 12.7 Å². The van der Waals surface area contributed by atoms with Crippen molar-refractivity contribution >= 4 is 40.2 Å². The smallest absolute Gasteiger partial charge is 0.255 e. The Hall–Kier alpha value is -1.86. The van der Waals surface area contributed by atoms with Crippen LogP contribution in [-0.2, 0) is 0 Å². The van der Waals surface area contributed by atoms with Crippen molar-refractivity contribution in [2.45, 2.75) is 6.10 Å². The van der Waals surface area contributed by atoms with Gasteiger partial charge in [-0.05, 0) is 47.2 Å². The first-order valence-electron chi connectivity index (χ1n) is 7.50. The first-order valence-corrected chi connectivity index (χ1v) is 9.64. The second-order valence-electron chi connectivity index (χ2n) is 5.28. The van der Waals surface area contributed by atoms with Crippen LogP contribution < -0.4 is 10.1 Å². The molecule has 4 nitrogen and oxygen atoms in total. The van der Waals surface area contributed by atoms with Gasteiger partial charge in [-0.2, -0.15) is 11.3 Å². The van der Waals surface area contributed by atoms with Crippen molar-refractivity contribution in [3.63, 3.8) is 0 Å². The standard InChI is InChI=1S/C18H16ClNO3S2/c1-23-15-3-2-12(19)8-13(15)18(22)20-9-14(21)17-5-4-16(25-17)11-6-7-24-10-11/h2-8,10,14,21H,9H2,1H3,(H,20,22). The molecule has 0 radical (unpaired) electrons. The van der Waals surface area contributed by atoms with Gasteiger partial charge in [-0.25, -0.2) is 0 Å². The van der Waals surface area contributed by atoms with Crippen LogP contribution >= 0.6 is 34.3 Å². The van der Waals surface area contributed by atoms with Crippen LogP contribution in [0.2, 0.25) is 5.02 Å². The number of nitrogens with one attached hydrogen (secondary N) is 1. The van der Waals surface area contributed by atoms with Crippen molar-refractivity contribution in [1.29, 1.82) is 0 Å². The van der Waals surface area contributed by atoms with E-state index in [-0.39, 0.29) is 12.5 Å². The Bertz CT molecular complexity index is 861. The van der Waals surface area contributed by atoms with Crippen molar-refractivity contribution < 1.29 is 14.6 Å². The Morgan fingerprint density at radius 3 is 2.88 bits per heavy atom. The number of methoxy groups -OCH3 is 1. The molecule has 7 heteroatoms. The summed E-state index contributed by atoms with van der Waals surface area (Å²) in [6.45, 7) is 0.109. The van der Waals surface area contributed by atoms with Gasteiger partial charge in [-0.1, -0.05) is 11.6 Å². The molecule has 0 saturated heterocycles. The summed E-state index contributed by atoms with van der Waals surface area (Å²) in [4.78, 5) is 14.2. The molecule has 0 saturated carbocycles. The highest BCUT2D eigenvalue weighted by Crippen LogP contribution is 2.32. The predicted molar refractivity (Wildman–Crippen MR) is 103 cm³/mol. The van der Waals surface area contributed by atoms with Crippen molar-refractivity contribution in [1.82, 2.24) is 5.32 Å². The Balaban J connectivity index is 1.65. The highest BCUT2D eigenvalue weighted by molar-refractivity contribution is 7.16. The summed E-state index contributed by atoms with van der Waals surface area (Å²) < 4.78 is 5.18. The molecule has 0 aliphatic heterocycles. The van der Waals surface area contributed by atoms with Gasteiger partial charge in [0.2, 0.25) is 0 Å². The fraction of sp³-hybridized carbons (Fsp3) is 0.167. The molecule has 0 spiro atoms. The maximum atomic E-state index is 12.3. The summed E-state index contributed by atoms with van der Waals surface area (Å²) >= 11 is 9.09. The Morgan fingerprint density at radius 1 is 1.32 bits per heavy atom. The zero-order chi connectivity index (χ0) is 17.8. The van der Waals surface area contributed by atoms with E-state index >= 15 is 0 Å². The number of hydrogen-bond acceptors (Lipinski definition) is 5. The number of halogens is 1. The van der Waals surface area contributed by atoms with Crippen LogP contribution in [0.3, 0.4) is 0 Å². The third-order valence-electron chi connectivity index (χ3n) is 3.62. The molecule has 2 heterocycles. The first-order chi connectivity index (χ1) is 12.1. The quantitative estimate of drug-likeness (QED) is 0.643. The molecular weight excluding hydrogens is 378 g/mol. The van der Waals surface area contributed by atoms with Crippen LogP contribution in [0.5, 0.6) is 5.75 Å². The maximum absolute atomic E-state index is 12.3. The van der Waals surface area contributed by atoms with Crippen LogP contribution in [0.15, 0.2) is 47.2 Å². The summed E-state index contributed by atoms with van der Waals surface area (Å²) in [7, 11) is 1.49. The Kier molecular flexibility index (Phi) is 5.75. The number of thiophene rings is 2. The molecular formula is C18H16ClNO3S2. The van der Waals surface area contributed by atoms with Gasteiger partial charge in [0.25, 0.3) is 5.91 Å². The lowest BCUT2D eigenvalue weighted by Gasteiger charge is -2.12. The van der Waals surface area contributed by atoms with Gasteiger partial charge < -0.3 is 15.2 Å². The molecule has 1 unspecified atom stereocenters. The fourth-order valence-corrected chi connectivity index (χ4v) is 4.23. The summed E-state index contributed by atoms with van der Waals surface area (Å²) in [6, 6.07) is 10.7. The molecule has 0 fully saturated rings. The van der Waals surface area contributed by atoms with E-state index in [1.165, 1.54) is 18.4 Å². The minimum Gasteiger partial charge on any atom is -0.496 e. The number of hydrogen-bond donors (Lipinski definition) is 2. The topological polar surface area (TPSA) is 58.6 Å². The summed E-state index contributed by atoms with van der Waals surface area (Å²) in [6.07, 6.45) is -0.772. The van der Waals surface area contributed by atoms with E-state index in [2.05, 4.69) is 10.7 Å². The Morgan fingerprint density at radius 2 is 2.16 bits per heavy atom. The molecule has 0 aliphatic rings. The van der Waals surface area contributed by atoms with Gasteiger partial charge >= 0.3 is 0 Å². The normalized spacial score (nSPS) is 12.0. The van der Waals surface area contributed by atoms with Crippen molar-refractivity contribution in [3.05, 3.63) is 62.6 Å². The molecule has 0 bridgehead atoms. The minimum absolute atomic E-state index is 0.109. The number of amides is 1. The number of aliphatic hydroxyl groups excluding tert-OH is 1. The van der Waals surface area contributed by atoms with Gasteiger partial charge in [0.1, 0.15) is 11.9 Å². The SMILES string of the molecule is COc1ccc(Cl)cc1C(=O)NCC(O)c1ccc(-c2ccsc2)s1. The molecule has 2 N–H and O–H groups in total. The third-order valence-corrected chi connectivity index (χ3v) is 5.78. The molecule has 1 aromatic carbocycles. The summed E-state index contributed by atoms with van der Waals surface area (Å²) in [5.41, 5.74) is 1.48. The fourth-order valence-electron chi connectivity index (χ4n) is 2.33. The molecule has 25 heavy (non-hydrogen) atoms.